The van der Waals surface area contributed by atoms with Gasteiger partial charge >= 0.3 is 0 Å². The maximum absolute atomic E-state index is 6.73. The van der Waals surface area contributed by atoms with Crippen LogP contribution in [0.4, 0.5) is 5.69 Å². The molecule has 2 N–H and O–H groups in total. The van der Waals surface area contributed by atoms with Crippen molar-refractivity contribution in [2.24, 2.45) is 0 Å². The third-order valence-electron chi connectivity index (χ3n) is 8.47. The van der Waals surface area contributed by atoms with E-state index in [1.165, 1.54) is 0 Å². The molecular weight excluding hydrogens is 730 g/mol. The summed E-state index contributed by atoms with van der Waals surface area (Å²) in [5.41, 5.74) is 8.90. The summed E-state index contributed by atoms with van der Waals surface area (Å²) in [5.74, 6) is 0.667. The monoisotopic (exact) mass is 791 g/mol. The molecule has 4 rings (SSSR count). The van der Waals surface area contributed by atoms with Crippen molar-refractivity contribution in [2.45, 2.75) is 5.60 Å². The molecule has 4 aromatic carbocycles. The van der Waals surface area contributed by atoms with E-state index in [1.807, 2.05) is 72.8 Å². The molecule has 4 aromatic rings. The summed E-state index contributed by atoms with van der Waals surface area (Å²) in [7, 11) is 0. The molecule has 0 unspecified atom stereocenters. The van der Waals surface area contributed by atoms with Gasteiger partial charge in [-0.25, -0.2) is 0 Å². The average molecular weight is 792 g/mol. The lowest BCUT2D eigenvalue weighted by Crippen LogP contribution is -2.34. The molecule has 0 heterocycles. The molecule has 0 saturated heterocycles. The SMILES string of the molecule is Nc1ccccc1OCCOCCOCCOCCOCCOCCOCCOCCOCCOCCOC(c1ccccc1)(c1ccccc1)c1ccccc1. The largest absolute Gasteiger partial charge is 0.489 e. The van der Waals surface area contributed by atoms with E-state index in [0.717, 1.165) is 16.7 Å². The van der Waals surface area contributed by atoms with Crippen molar-refractivity contribution in [2.75, 3.05) is 138 Å². The Hall–Kier alpha value is -3.92. The van der Waals surface area contributed by atoms with Crippen LogP contribution in [0.2, 0.25) is 0 Å². The fourth-order valence-corrected chi connectivity index (χ4v) is 5.71. The second kappa shape index (κ2) is 30.2. The summed E-state index contributed by atoms with van der Waals surface area (Å²) >= 11 is 0. The highest BCUT2D eigenvalue weighted by Gasteiger charge is 2.37. The van der Waals surface area contributed by atoms with E-state index >= 15 is 0 Å². The molecule has 0 aliphatic carbocycles. The Kier molecular flexibility index (Phi) is 24.3. The standard InChI is InChI=1S/C45H61NO11/c46-43-18-10-11-19-44(43)56-38-36-54-34-32-52-30-28-50-26-24-48-22-20-47-21-23-49-25-27-51-29-31-53-33-35-55-37-39-57-45(40-12-4-1-5-13-40,41-14-6-2-7-15-41)42-16-8-3-9-17-42/h1-19H,20-39,46H2. The third-order valence-corrected chi connectivity index (χ3v) is 8.47. The first-order valence-corrected chi connectivity index (χ1v) is 19.8. The Labute approximate surface area is 338 Å². The van der Waals surface area contributed by atoms with Crippen molar-refractivity contribution >= 4 is 5.69 Å². The van der Waals surface area contributed by atoms with Gasteiger partial charge in [0.1, 0.15) is 18.0 Å². The predicted molar refractivity (Wildman–Crippen MR) is 219 cm³/mol. The Morgan fingerprint density at radius 1 is 0.298 bits per heavy atom. The fourth-order valence-electron chi connectivity index (χ4n) is 5.71. The number of hydrogen-bond donors (Lipinski definition) is 1. The van der Waals surface area contributed by atoms with E-state index in [4.69, 9.17) is 57.8 Å². The number of anilines is 1. The van der Waals surface area contributed by atoms with Crippen molar-refractivity contribution in [3.05, 3.63) is 132 Å². The number of para-hydroxylation sites is 2. The van der Waals surface area contributed by atoms with Crippen LogP contribution in [-0.4, -0.2) is 132 Å². The second-order valence-corrected chi connectivity index (χ2v) is 12.5. The molecule has 0 fully saturated rings. The fraction of sp³-hybridized carbons (Fsp3) is 0.467. The van der Waals surface area contributed by atoms with Gasteiger partial charge in [0.15, 0.2) is 0 Å². The molecule has 0 amide bonds. The molecule has 12 heteroatoms. The van der Waals surface area contributed by atoms with Crippen LogP contribution < -0.4 is 10.5 Å². The minimum absolute atomic E-state index is 0.414. The third kappa shape index (κ3) is 18.5. The van der Waals surface area contributed by atoms with E-state index in [2.05, 4.69) is 36.4 Å². The number of benzene rings is 4. The first-order chi connectivity index (χ1) is 28.3. The molecule has 0 atom stereocenters. The highest BCUT2D eigenvalue weighted by atomic mass is 16.6. The summed E-state index contributed by atoms with van der Waals surface area (Å²) in [6, 6.07) is 38.4. The molecule has 0 aliphatic heterocycles. The van der Waals surface area contributed by atoms with E-state index in [1.54, 1.807) is 6.07 Å². The molecule has 0 radical (unpaired) electrons. The lowest BCUT2D eigenvalue weighted by molar-refractivity contribution is -0.0399. The zero-order chi connectivity index (χ0) is 39.7. The maximum atomic E-state index is 6.73. The van der Waals surface area contributed by atoms with Crippen LogP contribution in [0.3, 0.4) is 0 Å². The first-order valence-electron chi connectivity index (χ1n) is 19.8. The van der Waals surface area contributed by atoms with Gasteiger partial charge in [0, 0.05) is 0 Å². The number of nitrogens with two attached hydrogens (primary N) is 1. The van der Waals surface area contributed by atoms with Crippen LogP contribution in [0.1, 0.15) is 16.7 Å². The van der Waals surface area contributed by atoms with Gasteiger partial charge in [0.25, 0.3) is 0 Å². The lowest BCUT2D eigenvalue weighted by atomic mass is 9.80. The van der Waals surface area contributed by atoms with Crippen LogP contribution in [0.15, 0.2) is 115 Å². The average Bonchev–Trinajstić information content (AvgIpc) is 3.26. The van der Waals surface area contributed by atoms with Gasteiger partial charge in [-0.1, -0.05) is 103 Å². The minimum atomic E-state index is -0.754. The maximum Gasteiger partial charge on any atom is 0.143 e. The van der Waals surface area contributed by atoms with E-state index < -0.39 is 5.60 Å². The van der Waals surface area contributed by atoms with Crippen LogP contribution >= 0.6 is 0 Å². The zero-order valence-electron chi connectivity index (χ0n) is 33.2. The van der Waals surface area contributed by atoms with Crippen molar-refractivity contribution in [3.8, 4) is 5.75 Å². The molecule has 57 heavy (non-hydrogen) atoms. The van der Waals surface area contributed by atoms with Gasteiger partial charge in [0.05, 0.1) is 131 Å². The second-order valence-electron chi connectivity index (χ2n) is 12.5. The van der Waals surface area contributed by atoms with Gasteiger partial charge in [-0.3, -0.25) is 0 Å². The summed E-state index contributed by atoms with van der Waals surface area (Å²) in [5, 5.41) is 0. The predicted octanol–water partition coefficient (Wildman–Crippen LogP) is 5.81. The molecule has 0 spiro atoms. The summed E-state index contributed by atoms with van der Waals surface area (Å²) < 4.78 is 62.5. The van der Waals surface area contributed by atoms with Crippen LogP contribution in [0.25, 0.3) is 0 Å². The molecule has 0 aliphatic rings. The quantitative estimate of drug-likeness (QED) is 0.0344. The van der Waals surface area contributed by atoms with Crippen molar-refractivity contribution in [1.29, 1.82) is 0 Å². The molecule has 312 valence electrons. The smallest absolute Gasteiger partial charge is 0.143 e. The number of nitrogen functional groups attached to an aromatic ring is 1. The first kappa shape index (κ1) is 45.8. The van der Waals surface area contributed by atoms with Gasteiger partial charge < -0.3 is 57.8 Å². The zero-order valence-corrected chi connectivity index (χ0v) is 33.2. The molecule has 0 saturated carbocycles. The Bertz CT molecular complexity index is 1420. The topological polar surface area (TPSA) is 128 Å². The van der Waals surface area contributed by atoms with Crippen molar-refractivity contribution in [3.63, 3.8) is 0 Å². The normalized spacial score (nSPS) is 11.6. The van der Waals surface area contributed by atoms with Gasteiger partial charge in [0.2, 0.25) is 0 Å². The van der Waals surface area contributed by atoms with Crippen molar-refractivity contribution < 1.29 is 52.1 Å². The number of rotatable bonds is 35. The van der Waals surface area contributed by atoms with Crippen molar-refractivity contribution in [1.82, 2.24) is 0 Å². The van der Waals surface area contributed by atoms with Gasteiger partial charge in [-0.05, 0) is 28.8 Å². The van der Waals surface area contributed by atoms with E-state index in [-0.39, 0.29) is 0 Å². The molecule has 0 aromatic heterocycles. The number of ether oxygens (including phenoxy) is 11. The molecule has 0 bridgehead atoms. The van der Waals surface area contributed by atoms with Crippen LogP contribution in [0, 0.1) is 0 Å². The molecular formula is C45H61NO11. The highest BCUT2D eigenvalue weighted by Crippen LogP contribution is 2.40. The van der Waals surface area contributed by atoms with Gasteiger partial charge in [-0.15, -0.1) is 0 Å². The Morgan fingerprint density at radius 3 is 0.877 bits per heavy atom. The summed E-state index contributed by atoms with van der Waals surface area (Å²) in [6.45, 7) is 9.63. The lowest BCUT2D eigenvalue weighted by Gasteiger charge is -2.36. The number of hydrogen-bond acceptors (Lipinski definition) is 12. The Balaban J connectivity index is 0.869. The summed E-state index contributed by atoms with van der Waals surface area (Å²) in [4.78, 5) is 0. The highest BCUT2D eigenvalue weighted by molar-refractivity contribution is 5.51. The molecule has 12 nitrogen and oxygen atoms in total. The van der Waals surface area contributed by atoms with E-state index in [0.29, 0.717) is 144 Å². The van der Waals surface area contributed by atoms with Crippen LogP contribution in [-0.2, 0) is 53.0 Å². The minimum Gasteiger partial charge on any atom is -0.489 e. The Morgan fingerprint density at radius 2 is 0.561 bits per heavy atom. The summed E-state index contributed by atoms with van der Waals surface area (Å²) in [6.07, 6.45) is 0. The van der Waals surface area contributed by atoms with Crippen LogP contribution in [0.5, 0.6) is 5.75 Å². The van der Waals surface area contributed by atoms with Gasteiger partial charge in [-0.2, -0.15) is 0 Å². The van der Waals surface area contributed by atoms with E-state index in [9.17, 15) is 0 Å².